The molecule has 1 aliphatic carbocycles. The van der Waals surface area contributed by atoms with Crippen LogP contribution in [0.2, 0.25) is 5.02 Å². The summed E-state index contributed by atoms with van der Waals surface area (Å²) in [6, 6.07) is 13.7. The van der Waals surface area contributed by atoms with Crippen LogP contribution in [0, 0.1) is 0 Å². The summed E-state index contributed by atoms with van der Waals surface area (Å²) < 4.78 is 5.35. The minimum Gasteiger partial charge on any atom is -0.481 e. The molecular formula is C18H17ClN2O2. The molecule has 4 rings (SSSR count). The van der Waals surface area contributed by atoms with Crippen LogP contribution in [-0.2, 0) is 4.74 Å². The summed E-state index contributed by atoms with van der Waals surface area (Å²) in [5.41, 5.74) is 3.75. The Kier molecular flexibility index (Phi) is 3.51. The van der Waals surface area contributed by atoms with E-state index in [1.807, 2.05) is 30.3 Å². The molecule has 1 N–H and O–H groups in total. The van der Waals surface area contributed by atoms with Crippen molar-refractivity contribution in [3.8, 4) is 0 Å². The Morgan fingerprint density at radius 2 is 1.96 bits per heavy atom. The molecule has 1 unspecified atom stereocenters. The number of hydrogen-bond donors (Lipinski definition) is 1. The van der Waals surface area contributed by atoms with Gasteiger partial charge in [0.25, 0.3) is 0 Å². The van der Waals surface area contributed by atoms with E-state index >= 15 is 0 Å². The average molecular weight is 329 g/mol. The number of fused-ring (bicyclic) bond motifs is 1. The SMILES string of the molecule is COC1=NC(O)N(c2ccccc2Cl)c2cc(C3CC3)ccc21. The van der Waals surface area contributed by atoms with Crippen molar-refractivity contribution in [2.24, 2.45) is 4.99 Å². The summed E-state index contributed by atoms with van der Waals surface area (Å²) in [7, 11) is 1.56. The van der Waals surface area contributed by atoms with E-state index in [4.69, 9.17) is 16.3 Å². The maximum atomic E-state index is 10.5. The third-order valence-corrected chi connectivity index (χ3v) is 4.65. The van der Waals surface area contributed by atoms with E-state index in [0.717, 1.165) is 16.9 Å². The maximum absolute atomic E-state index is 10.5. The van der Waals surface area contributed by atoms with Crippen molar-refractivity contribution in [2.75, 3.05) is 12.0 Å². The number of anilines is 2. The molecule has 1 aliphatic heterocycles. The van der Waals surface area contributed by atoms with E-state index in [1.54, 1.807) is 12.0 Å². The molecule has 1 fully saturated rings. The first kappa shape index (κ1) is 14.5. The zero-order valence-corrected chi connectivity index (χ0v) is 13.5. The lowest BCUT2D eigenvalue weighted by molar-refractivity contribution is 0.184. The Hall–Kier alpha value is -2.04. The fraction of sp³-hybridized carbons (Fsp3) is 0.278. The van der Waals surface area contributed by atoms with Crippen molar-refractivity contribution in [3.63, 3.8) is 0 Å². The second-order valence-electron chi connectivity index (χ2n) is 5.86. The quantitative estimate of drug-likeness (QED) is 0.905. The Morgan fingerprint density at radius 3 is 2.65 bits per heavy atom. The first-order valence-electron chi connectivity index (χ1n) is 7.67. The van der Waals surface area contributed by atoms with Crippen LogP contribution in [0.25, 0.3) is 0 Å². The van der Waals surface area contributed by atoms with Crippen molar-refractivity contribution < 1.29 is 9.84 Å². The van der Waals surface area contributed by atoms with Gasteiger partial charge in [0.2, 0.25) is 12.2 Å². The van der Waals surface area contributed by atoms with Gasteiger partial charge in [0, 0.05) is 0 Å². The normalized spacial score (nSPS) is 20.0. The minimum atomic E-state index is -1.06. The van der Waals surface area contributed by atoms with Gasteiger partial charge >= 0.3 is 0 Å². The van der Waals surface area contributed by atoms with Crippen LogP contribution in [0.5, 0.6) is 0 Å². The lowest BCUT2D eigenvalue weighted by Gasteiger charge is -2.34. The summed E-state index contributed by atoms with van der Waals surface area (Å²) in [4.78, 5) is 6.00. The highest BCUT2D eigenvalue weighted by molar-refractivity contribution is 6.33. The monoisotopic (exact) mass is 328 g/mol. The summed E-state index contributed by atoms with van der Waals surface area (Å²) in [5, 5.41) is 11.1. The van der Waals surface area contributed by atoms with Gasteiger partial charge in [0.1, 0.15) is 0 Å². The van der Waals surface area contributed by atoms with E-state index in [1.165, 1.54) is 18.4 Å². The number of hydrogen-bond acceptors (Lipinski definition) is 4. The first-order valence-corrected chi connectivity index (χ1v) is 8.05. The van der Waals surface area contributed by atoms with Crippen molar-refractivity contribution in [1.29, 1.82) is 0 Å². The largest absolute Gasteiger partial charge is 0.481 e. The van der Waals surface area contributed by atoms with Gasteiger partial charge in [0.15, 0.2) is 0 Å². The zero-order valence-electron chi connectivity index (χ0n) is 12.7. The number of aliphatic hydroxyl groups excluding tert-OH is 1. The van der Waals surface area contributed by atoms with Crippen molar-refractivity contribution in [2.45, 2.75) is 25.1 Å². The Bertz CT molecular complexity index is 786. The number of benzene rings is 2. The van der Waals surface area contributed by atoms with Crippen LogP contribution < -0.4 is 4.90 Å². The third-order valence-electron chi connectivity index (χ3n) is 4.33. The molecule has 0 amide bonds. The van der Waals surface area contributed by atoms with Crippen molar-refractivity contribution in [1.82, 2.24) is 0 Å². The minimum absolute atomic E-state index is 0.443. The Morgan fingerprint density at radius 1 is 1.17 bits per heavy atom. The van der Waals surface area contributed by atoms with Crippen molar-refractivity contribution in [3.05, 3.63) is 58.6 Å². The van der Waals surface area contributed by atoms with Gasteiger partial charge in [-0.1, -0.05) is 29.8 Å². The highest BCUT2D eigenvalue weighted by Gasteiger charge is 2.32. The molecule has 2 aliphatic rings. The smallest absolute Gasteiger partial charge is 0.233 e. The molecule has 2 aromatic rings. The molecule has 23 heavy (non-hydrogen) atoms. The van der Waals surface area contributed by atoms with Gasteiger partial charge in [-0.2, -0.15) is 4.99 Å². The average Bonchev–Trinajstić information content (AvgIpc) is 3.40. The Labute approximate surface area is 140 Å². The van der Waals surface area contributed by atoms with E-state index in [9.17, 15) is 5.11 Å². The molecule has 1 atom stereocenters. The molecule has 0 radical (unpaired) electrons. The zero-order chi connectivity index (χ0) is 16.0. The molecule has 4 nitrogen and oxygen atoms in total. The standard InChI is InChI=1S/C18H17ClN2O2/c1-23-17-13-9-8-12(11-6-7-11)10-16(13)21(18(22)20-17)15-5-3-2-4-14(15)19/h2-5,8-11,18,22H,6-7H2,1H3. The highest BCUT2D eigenvalue weighted by atomic mass is 35.5. The molecular weight excluding hydrogens is 312 g/mol. The molecule has 1 saturated carbocycles. The number of halogens is 1. The van der Waals surface area contributed by atoms with Gasteiger partial charge in [-0.05, 0) is 48.6 Å². The van der Waals surface area contributed by atoms with E-state index in [-0.39, 0.29) is 0 Å². The van der Waals surface area contributed by atoms with E-state index in [0.29, 0.717) is 16.8 Å². The maximum Gasteiger partial charge on any atom is 0.233 e. The number of para-hydroxylation sites is 1. The topological polar surface area (TPSA) is 45.1 Å². The first-order chi connectivity index (χ1) is 11.2. The van der Waals surface area contributed by atoms with Gasteiger partial charge in [-0.25, -0.2) is 0 Å². The lowest BCUT2D eigenvalue weighted by Crippen LogP contribution is -2.35. The molecule has 0 aromatic heterocycles. The Balaban J connectivity index is 1.89. The summed E-state index contributed by atoms with van der Waals surface area (Å²) in [5.74, 6) is 1.06. The number of nitrogens with zero attached hydrogens (tertiary/aromatic N) is 2. The van der Waals surface area contributed by atoms with Gasteiger partial charge < -0.3 is 9.84 Å². The lowest BCUT2D eigenvalue weighted by atomic mass is 10.0. The fourth-order valence-electron chi connectivity index (χ4n) is 3.02. The van der Waals surface area contributed by atoms with Crippen LogP contribution in [0.1, 0.15) is 29.9 Å². The predicted molar refractivity (Wildman–Crippen MR) is 91.6 cm³/mol. The van der Waals surface area contributed by atoms with E-state index < -0.39 is 6.35 Å². The number of ether oxygens (including phenoxy) is 1. The molecule has 0 bridgehead atoms. The molecule has 5 heteroatoms. The van der Waals surface area contributed by atoms with Crippen LogP contribution in [0.4, 0.5) is 11.4 Å². The van der Waals surface area contributed by atoms with Gasteiger partial charge in [-0.15, -0.1) is 0 Å². The third kappa shape index (κ3) is 2.48. The number of aliphatic hydroxyl groups is 1. The second-order valence-corrected chi connectivity index (χ2v) is 6.26. The van der Waals surface area contributed by atoms with Crippen molar-refractivity contribution >= 4 is 28.9 Å². The van der Waals surface area contributed by atoms with Crippen LogP contribution >= 0.6 is 11.6 Å². The summed E-state index contributed by atoms with van der Waals surface area (Å²) in [6.07, 6.45) is 1.38. The summed E-state index contributed by atoms with van der Waals surface area (Å²) >= 11 is 6.34. The summed E-state index contributed by atoms with van der Waals surface area (Å²) in [6.45, 7) is 0. The fourth-order valence-corrected chi connectivity index (χ4v) is 3.25. The van der Waals surface area contributed by atoms with Crippen LogP contribution in [-0.4, -0.2) is 24.5 Å². The van der Waals surface area contributed by atoms with E-state index in [2.05, 4.69) is 17.1 Å². The number of methoxy groups -OCH3 is 1. The number of rotatable bonds is 2. The molecule has 0 spiro atoms. The second kappa shape index (κ2) is 5.55. The van der Waals surface area contributed by atoms with Gasteiger partial charge in [-0.3, -0.25) is 4.90 Å². The molecule has 118 valence electrons. The van der Waals surface area contributed by atoms with Crippen LogP contribution in [0.15, 0.2) is 47.5 Å². The molecule has 0 saturated heterocycles. The molecule has 1 heterocycles. The number of aliphatic imine (C=N–C) groups is 1. The highest BCUT2D eigenvalue weighted by Crippen LogP contribution is 2.44. The van der Waals surface area contributed by atoms with Gasteiger partial charge in [0.05, 0.1) is 29.1 Å². The predicted octanol–water partition coefficient (Wildman–Crippen LogP) is 4.04. The van der Waals surface area contributed by atoms with Crippen LogP contribution in [0.3, 0.4) is 0 Å². The molecule has 2 aromatic carbocycles.